The molecule has 0 aliphatic carbocycles. The first-order valence-corrected chi connectivity index (χ1v) is 8.38. The smallest absolute Gasteiger partial charge is 0.292 e. The molecule has 1 aromatic rings. The largest absolute Gasteiger partial charge is 0.384 e. The summed E-state index contributed by atoms with van der Waals surface area (Å²) in [6.45, 7) is 3.04. The van der Waals surface area contributed by atoms with Gasteiger partial charge in [-0.2, -0.15) is 0 Å². The number of methoxy groups -OCH3 is 1. The Morgan fingerprint density at radius 1 is 1.40 bits per heavy atom. The third kappa shape index (κ3) is 5.14. The van der Waals surface area contributed by atoms with Gasteiger partial charge in [0.2, 0.25) is 5.91 Å². The minimum Gasteiger partial charge on any atom is -0.384 e. The van der Waals surface area contributed by atoms with Crippen LogP contribution in [0.3, 0.4) is 0 Å². The van der Waals surface area contributed by atoms with Gasteiger partial charge in [-0.05, 0) is 32.0 Å². The van der Waals surface area contributed by atoms with E-state index in [9.17, 15) is 14.9 Å². The highest BCUT2D eigenvalue weighted by atomic mass is 16.6. The van der Waals surface area contributed by atoms with Gasteiger partial charge in [0.1, 0.15) is 5.69 Å². The lowest BCUT2D eigenvalue weighted by atomic mass is 9.79. The maximum atomic E-state index is 12.3. The number of benzene rings is 1. The number of carbonyl (C=O) groups excluding carboxylic acids is 1. The fourth-order valence-corrected chi connectivity index (χ4v) is 3.22. The average Bonchev–Trinajstić information content (AvgIpc) is 2.61. The second kappa shape index (κ2) is 8.77. The van der Waals surface area contributed by atoms with E-state index in [0.717, 1.165) is 25.9 Å². The number of para-hydroxylation sites is 2. The highest BCUT2D eigenvalue weighted by Crippen LogP contribution is 2.28. The van der Waals surface area contributed by atoms with Crippen molar-refractivity contribution in [3.05, 3.63) is 34.4 Å². The van der Waals surface area contributed by atoms with Crippen LogP contribution < -0.4 is 15.5 Å². The number of hydrogen-bond acceptors (Lipinski definition) is 6. The molecule has 0 unspecified atom stereocenters. The van der Waals surface area contributed by atoms with E-state index in [-0.39, 0.29) is 23.6 Å². The number of nitrogens with zero attached hydrogens (tertiary/aromatic N) is 2. The first-order chi connectivity index (χ1) is 12.0. The number of likely N-dealkylation sites (N-methyl/N-ethyl adjacent to an activating group) is 1. The lowest BCUT2D eigenvalue weighted by Gasteiger charge is -2.37. The van der Waals surface area contributed by atoms with Crippen LogP contribution in [-0.2, 0) is 9.53 Å². The number of nitro benzene ring substituents is 1. The van der Waals surface area contributed by atoms with Crippen molar-refractivity contribution in [3.8, 4) is 0 Å². The van der Waals surface area contributed by atoms with Crippen LogP contribution in [0.15, 0.2) is 24.3 Å². The van der Waals surface area contributed by atoms with Crippen molar-refractivity contribution in [1.29, 1.82) is 0 Å². The second-order valence-electron chi connectivity index (χ2n) is 6.56. The van der Waals surface area contributed by atoms with Gasteiger partial charge in [0.05, 0.1) is 18.1 Å². The molecule has 2 rings (SSSR count). The van der Waals surface area contributed by atoms with Crippen molar-refractivity contribution in [2.24, 2.45) is 5.41 Å². The minimum atomic E-state index is -0.438. The Morgan fingerprint density at radius 2 is 2.08 bits per heavy atom. The molecule has 0 saturated carbocycles. The van der Waals surface area contributed by atoms with Crippen molar-refractivity contribution in [2.75, 3.05) is 51.8 Å². The number of amides is 1. The van der Waals surface area contributed by atoms with E-state index in [4.69, 9.17) is 4.74 Å². The van der Waals surface area contributed by atoms with Gasteiger partial charge in [0.25, 0.3) is 5.69 Å². The molecule has 138 valence electrons. The van der Waals surface area contributed by atoms with Gasteiger partial charge in [-0.15, -0.1) is 0 Å². The summed E-state index contributed by atoms with van der Waals surface area (Å²) in [5.41, 5.74) is 0.371. The minimum absolute atomic E-state index is 0.00740. The number of rotatable bonds is 8. The second-order valence-corrected chi connectivity index (χ2v) is 6.56. The van der Waals surface area contributed by atoms with Crippen molar-refractivity contribution >= 4 is 17.3 Å². The Morgan fingerprint density at radius 3 is 2.72 bits per heavy atom. The highest BCUT2D eigenvalue weighted by Gasteiger charge is 2.32. The van der Waals surface area contributed by atoms with E-state index in [1.54, 1.807) is 37.3 Å². The van der Waals surface area contributed by atoms with Crippen LogP contribution in [0.2, 0.25) is 0 Å². The molecule has 2 N–H and O–H groups in total. The predicted octanol–water partition coefficient (Wildman–Crippen LogP) is 1.16. The monoisotopic (exact) mass is 350 g/mol. The van der Waals surface area contributed by atoms with Crippen LogP contribution in [0.1, 0.15) is 12.8 Å². The molecule has 1 heterocycles. The number of hydrogen-bond donors (Lipinski definition) is 2. The molecule has 8 nitrogen and oxygen atoms in total. The molecule has 1 aromatic carbocycles. The third-order valence-corrected chi connectivity index (χ3v) is 4.65. The molecule has 0 aromatic heterocycles. The Labute approximate surface area is 147 Å². The number of nitro groups is 1. The zero-order valence-electron chi connectivity index (χ0n) is 14.8. The van der Waals surface area contributed by atoms with Gasteiger partial charge < -0.3 is 20.3 Å². The van der Waals surface area contributed by atoms with Gasteiger partial charge in [-0.3, -0.25) is 14.9 Å². The standard InChI is InChI=1S/C17H26N4O4/c1-20(14-5-3-4-6-15(14)21(23)24)11-16(22)19-12-17(13-25-2)7-9-18-10-8-17/h3-6,18H,7-13H2,1-2H3,(H,19,22). The number of nitrogens with one attached hydrogen (secondary N) is 2. The van der Waals surface area contributed by atoms with Crippen molar-refractivity contribution in [2.45, 2.75) is 12.8 Å². The molecule has 1 fully saturated rings. The molecular formula is C17H26N4O4. The van der Waals surface area contributed by atoms with E-state index in [0.29, 0.717) is 18.8 Å². The Balaban J connectivity index is 1.94. The zero-order valence-corrected chi connectivity index (χ0v) is 14.8. The van der Waals surface area contributed by atoms with Crippen LogP contribution in [0.5, 0.6) is 0 Å². The topological polar surface area (TPSA) is 96.7 Å². The predicted molar refractivity (Wildman–Crippen MR) is 95.8 cm³/mol. The number of ether oxygens (including phenoxy) is 1. The molecule has 0 radical (unpaired) electrons. The van der Waals surface area contributed by atoms with Gasteiger partial charge in [-0.25, -0.2) is 0 Å². The highest BCUT2D eigenvalue weighted by molar-refractivity contribution is 5.82. The normalized spacial score (nSPS) is 16.2. The summed E-state index contributed by atoms with van der Waals surface area (Å²) < 4.78 is 5.35. The number of piperidine rings is 1. The summed E-state index contributed by atoms with van der Waals surface area (Å²) in [5, 5.41) is 17.4. The Kier molecular flexibility index (Phi) is 6.72. The maximum absolute atomic E-state index is 12.3. The summed E-state index contributed by atoms with van der Waals surface area (Å²) >= 11 is 0. The summed E-state index contributed by atoms with van der Waals surface area (Å²) in [4.78, 5) is 24.6. The first-order valence-electron chi connectivity index (χ1n) is 8.38. The molecule has 25 heavy (non-hydrogen) atoms. The van der Waals surface area contributed by atoms with E-state index >= 15 is 0 Å². The fourth-order valence-electron chi connectivity index (χ4n) is 3.22. The van der Waals surface area contributed by atoms with Crippen LogP contribution in [0, 0.1) is 15.5 Å². The van der Waals surface area contributed by atoms with Crippen molar-refractivity contribution in [1.82, 2.24) is 10.6 Å². The van der Waals surface area contributed by atoms with Crippen LogP contribution in [-0.4, -0.2) is 57.8 Å². The number of carbonyl (C=O) groups is 1. The van der Waals surface area contributed by atoms with Gasteiger partial charge in [0.15, 0.2) is 0 Å². The zero-order chi connectivity index (χ0) is 18.3. The summed E-state index contributed by atoms with van der Waals surface area (Å²) in [7, 11) is 3.35. The Hall–Kier alpha value is -2.19. The van der Waals surface area contributed by atoms with E-state index < -0.39 is 4.92 Å². The molecule has 8 heteroatoms. The molecule has 1 saturated heterocycles. The SMILES string of the molecule is COCC1(CNC(=O)CN(C)c2ccccc2[N+](=O)[O-])CCNCC1. The van der Waals surface area contributed by atoms with Crippen molar-refractivity contribution < 1.29 is 14.5 Å². The molecular weight excluding hydrogens is 324 g/mol. The van der Waals surface area contributed by atoms with Crippen LogP contribution >= 0.6 is 0 Å². The van der Waals surface area contributed by atoms with Gasteiger partial charge >= 0.3 is 0 Å². The molecule has 0 atom stereocenters. The Bertz CT molecular complexity index is 597. The van der Waals surface area contributed by atoms with E-state index in [2.05, 4.69) is 10.6 Å². The molecule has 1 aliphatic heterocycles. The van der Waals surface area contributed by atoms with Crippen molar-refractivity contribution in [3.63, 3.8) is 0 Å². The lowest BCUT2D eigenvalue weighted by Crippen LogP contribution is -2.48. The van der Waals surface area contributed by atoms with Gasteiger partial charge in [0, 0.05) is 32.2 Å². The molecule has 0 spiro atoms. The van der Waals surface area contributed by atoms with Crippen LogP contribution in [0.25, 0.3) is 0 Å². The molecule has 1 amide bonds. The summed E-state index contributed by atoms with van der Waals surface area (Å²) in [6, 6.07) is 6.41. The van der Waals surface area contributed by atoms with Gasteiger partial charge in [-0.1, -0.05) is 12.1 Å². The fraction of sp³-hybridized carbons (Fsp3) is 0.588. The van der Waals surface area contributed by atoms with E-state index in [1.165, 1.54) is 6.07 Å². The number of anilines is 1. The van der Waals surface area contributed by atoms with Crippen LogP contribution in [0.4, 0.5) is 11.4 Å². The lowest BCUT2D eigenvalue weighted by molar-refractivity contribution is -0.384. The molecule has 1 aliphatic rings. The first kappa shape index (κ1) is 19.1. The summed E-state index contributed by atoms with van der Waals surface area (Å²) in [6.07, 6.45) is 1.89. The maximum Gasteiger partial charge on any atom is 0.292 e. The average molecular weight is 350 g/mol. The van der Waals surface area contributed by atoms with E-state index in [1.807, 2.05) is 0 Å². The quantitative estimate of drug-likeness (QED) is 0.539. The summed E-state index contributed by atoms with van der Waals surface area (Å²) in [5.74, 6) is -0.158. The molecule has 0 bridgehead atoms. The third-order valence-electron chi connectivity index (χ3n) is 4.65.